The number of fused-ring (bicyclic) bond motifs is 1. The summed E-state index contributed by atoms with van der Waals surface area (Å²) in [6, 6.07) is 5.41. The molecule has 0 fully saturated rings. The van der Waals surface area contributed by atoms with Gasteiger partial charge in [0.2, 0.25) is 0 Å². The fourth-order valence-corrected chi connectivity index (χ4v) is 2.30. The van der Waals surface area contributed by atoms with Gasteiger partial charge in [-0.1, -0.05) is 6.07 Å². The van der Waals surface area contributed by atoms with Gasteiger partial charge in [0.15, 0.2) is 0 Å². The second kappa shape index (κ2) is 6.21. The molecule has 1 aliphatic rings. The Balaban J connectivity index is 2.25. The van der Waals surface area contributed by atoms with E-state index in [1.807, 2.05) is 6.07 Å². The van der Waals surface area contributed by atoms with Gasteiger partial charge in [0, 0.05) is 17.8 Å². The first-order valence-corrected chi connectivity index (χ1v) is 6.66. The molecule has 1 aromatic rings. The van der Waals surface area contributed by atoms with E-state index in [4.69, 9.17) is 0 Å². The predicted octanol–water partition coefficient (Wildman–Crippen LogP) is -0.510. The van der Waals surface area contributed by atoms with Gasteiger partial charge in [-0.2, -0.15) is 0 Å². The molecule has 1 aromatic carbocycles. The fourth-order valence-electron chi connectivity index (χ4n) is 2.30. The van der Waals surface area contributed by atoms with Gasteiger partial charge < -0.3 is 26.0 Å². The number of hydrogen-bond acceptors (Lipinski definition) is 5. The highest BCUT2D eigenvalue weighted by molar-refractivity contribution is 5.97. The number of nitrogens with one attached hydrogen (secondary N) is 2. The van der Waals surface area contributed by atoms with Crippen LogP contribution in [0.5, 0.6) is 0 Å². The highest BCUT2D eigenvalue weighted by atomic mass is 16.3. The van der Waals surface area contributed by atoms with Crippen molar-refractivity contribution < 1.29 is 20.1 Å². The number of aliphatic hydroxyl groups is 3. The minimum Gasteiger partial charge on any atom is -0.394 e. The smallest absolute Gasteiger partial charge is 0.252 e. The summed E-state index contributed by atoms with van der Waals surface area (Å²) in [5.74, 6) is -0.400. The summed E-state index contributed by atoms with van der Waals surface area (Å²) in [4.78, 5) is 12.3. The predicted molar refractivity (Wildman–Crippen MR) is 74.7 cm³/mol. The van der Waals surface area contributed by atoms with Crippen LogP contribution >= 0.6 is 0 Å². The van der Waals surface area contributed by atoms with E-state index in [9.17, 15) is 20.1 Å². The van der Waals surface area contributed by atoms with Crippen molar-refractivity contribution in [2.75, 3.05) is 31.7 Å². The number of anilines is 1. The van der Waals surface area contributed by atoms with Crippen LogP contribution in [0.3, 0.4) is 0 Å². The molecule has 110 valence electrons. The summed E-state index contributed by atoms with van der Waals surface area (Å²) < 4.78 is 0. The van der Waals surface area contributed by atoms with Gasteiger partial charge in [0.25, 0.3) is 5.91 Å². The topological polar surface area (TPSA) is 102 Å². The number of amides is 1. The molecule has 2 rings (SSSR count). The molecule has 0 saturated heterocycles. The molecule has 0 saturated carbocycles. The third kappa shape index (κ3) is 2.77. The van der Waals surface area contributed by atoms with Crippen LogP contribution in [0.4, 0.5) is 5.69 Å². The molecular formula is C14H20N2O4. The monoisotopic (exact) mass is 280 g/mol. The van der Waals surface area contributed by atoms with E-state index in [0.29, 0.717) is 5.56 Å². The molecule has 20 heavy (non-hydrogen) atoms. The van der Waals surface area contributed by atoms with Gasteiger partial charge >= 0.3 is 0 Å². The Morgan fingerprint density at radius 2 is 1.95 bits per heavy atom. The Hall–Kier alpha value is -1.63. The van der Waals surface area contributed by atoms with E-state index < -0.39 is 31.3 Å². The summed E-state index contributed by atoms with van der Waals surface area (Å²) in [5.41, 5.74) is 0.974. The van der Waals surface area contributed by atoms with Crippen LogP contribution in [0.15, 0.2) is 18.2 Å². The second-order valence-electron chi connectivity index (χ2n) is 5.07. The summed E-state index contributed by atoms with van der Waals surface area (Å²) in [6.07, 6.45) is 1.75. The SMILES string of the molecule is O=C(NC(CO)(CO)CO)c1cccc2c1CCCN2. The zero-order chi connectivity index (χ0) is 14.6. The van der Waals surface area contributed by atoms with Gasteiger partial charge in [-0.3, -0.25) is 4.79 Å². The zero-order valence-corrected chi connectivity index (χ0v) is 11.2. The molecule has 0 atom stereocenters. The minimum atomic E-state index is -1.40. The number of hydrogen-bond donors (Lipinski definition) is 5. The molecule has 0 unspecified atom stereocenters. The summed E-state index contributed by atoms with van der Waals surface area (Å²) in [5, 5.41) is 33.6. The molecule has 0 radical (unpaired) electrons. The van der Waals surface area contributed by atoms with E-state index in [0.717, 1.165) is 30.6 Å². The fraction of sp³-hybridized carbons (Fsp3) is 0.500. The highest BCUT2D eigenvalue weighted by Crippen LogP contribution is 2.25. The van der Waals surface area contributed by atoms with Crippen molar-refractivity contribution in [3.63, 3.8) is 0 Å². The van der Waals surface area contributed by atoms with Crippen LogP contribution in [0.1, 0.15) is 22.3 Å². The minimum absolute atomic E-state index is 0.400. The maximum Gasteiger partial charge on any atom is 0.252 e. The van der Waals surface area contributed by atoms with Crippen molar-refractivity contribution in [1.29, 1.82) is 0 Å². The molecule has 1 aliphatic heterocycles. The van der Waals surface area contributed by atoms with Crippen molar-refractivity contribution >= 4 is 11.6 Å². The van der Waals surface area contributed by atoms with Gasteiger partial charge in [-0.25, -0.2) is 0 Å². The van der Waals surface area contributed by atoms with Gasteiger partial charge in [0.05, 0.1) is 19.8 Å². The van der Waals surface area contributed by atoms with Crippen LogP contribution in [0, 0.1) is 0 Å². The first-order valence-electron chi connectivity index (χ1n) is 6.66. The maximum absolute atomic E-state index is 12.3. The molecule has 1 amide bonds. The van der Waals surface area contributed by atoms with Crippen molar-refractivity contribution in [3.8, 4) is 0 Å². The number of carbonyl (C=O) groups excluding carboxylic acids is 1. The van der Waals surface area contributed by atoms with Crippen molar-refractivity contribution in [2.24, 2.45) is 0 Å². The molecule has 0 spiro atoms. The van der Waals surface area contributed by atoms with Crippen molar-refractivity contribution in [2.45, 2.75) is 18.4 Å². The Bertz CT molecular complexity index is 478. The maximum atomic E-state index is 12.3. The van der Waals surface area contributed by atoms with E-state index >= 15 is 0 Å². The van der Waals surface area contributed by atoms with Crippen LogP contribution in [0.2, 0.25) is 0 Å². The van der Waals surface area contributed by atoms with Crippen molar-refractivity contribution in [3.05, 3.63) is 29.3 Å². The molecule has 1 heterocycles. The van der Waals surface area contributed by atoms with Crippen LogP contribution in [0.25, 0.3) is 0 Å². The molecule has 0 bridgehead atoms. The third-order valence-electron chi connectivity index (χ3n) is 3.63. The van der Waals surface area contributed by atoms with Gasteiger partial charge in [-0.05, 0) is 30.5 Å². The number of carbonyl (C=O) groups is 1. The van der Waals surface area contributed by atoms with E-state index in [1.165, 1.54) is 0 Å². The normalized spacial score (nSPS) is 14.3. The zero-order valence-electron chi connectivity index (χ0n) is 11.2. The quantitative estimate of drug-likeness (QED) is 0.500. The summed E-state index contributed by atoms with van der Waals surface area (Å²) >= 11 is 0. The number of rotatable bonds is 5. The summed E-state index contributed by atoms with van der Waals surface area (Å²) in [6.45, 7) is -0.705. The highest BCUT2D eigenvalue weighted by Gasteiger charge is 2.31. The summed E-state index contributed by atoms with van der Waals surface area (Å²) in [7, 11) is 0. The lowest BCUT2D eigenvalue weighted by molar-refractivity contribution is 0.0375. The van der Waals surface area contributed by atoms with E-state index in [-0.39, 0.29) is 0 Å². The largest absolute Gasteiger partial charge is 0.394 e. The molecule has 6 heteroatoms. The first kappa shape index (κ1) is 14.8. The Morgan fingerprint density at radius 3 is 2.60 bits per heavy atom. The lowest BCUT2D eigenvalue weighted by atomic mass is 9.95. The number of benzene rings is 1. The third-order valence-corrected chi connectivity index (χ3v) is 3.63. The van der Waals surface area contributed by atoms with Crippen LogP contribution in [-0.2, 0) is 6.42 Å². The van der Waals surface area contributed by atoms with Crippen LogP contribution < -0.4 is 10.6 Å². The molecule has 5 N–H and O–H groups in total. The molecular weight excluding hydrogens is 260 g/mol. The standard InChI is InChI=1S/C14H20N2O4/c17-7-14(8-18,9-19)16-13(20)11-3-1-5-12-10(11)4-2-6-15-12/h1,3,5,15,17-19H,2,4,6-9H2,(H,16,20). The Kier molecular flexibility index (Phi) is 4.59. The first-order chi connectivity index (χ1) is 9.65. The lowest BCUT2D eigenvalue weighted by Crippen LogP contribution is -2.57. The molecule has 0 aromatic heterocycles. The Morgan fingerprint density at radius 1 is 1.25 bits per heavy atom. The van der Waals surface area contributed by atoms with Crippen molar-refractivity contribution in [1.82, 2.24) is 5.32 Å². The van der Waals surface area contributed by atoms with E-state index in [2.05, 4.69) is 10.6 Å². The second-order valence-corrected chi connectivity index (χ2v) is 5.07. The molecule has 6 nitrogen and oxygen atoms in total. The number of aliphatic hydroxyl groups excluding tert-OH is 3. The van der Waals surface area contributed by atoms with Gasteiger partial charge in [0.1, 0.15) is 5.54 Å². The van der Waals surface area contributed by atoms with Gasteiger partial charge in [-0.15, -0.1) is 0 Å². The lowest BCUT2D eigenvalue weighted by Gasteiger charge is -2.29. The van der Waals surface area contributed by atoms with Crippen LogP contribution in [-0.4, -0.2) is 53.1 Å². The Labute approximate surface area is 117 Å². The van der Waals surface area contributed by atoms with E-state index in [1.54, 1.807) is 12.1 Å². The average molecular weight is 280 g/mol. The molecule has 0 aliphatic carbocycles. The average Bonchev–Trinajstić information content (AvgIpc) is 2.52.